The molecule has 0 aliphatic heterocycles. The van der Waals surface area contributed by atoms with Gasteiger partial charge in [0.25, 0.3) is 0 Å². The molecule has 0 saturated heterocycles. The molecule has 1 saturated carbocycles. The summed E-state index contributed by atoms with van der Waals surface area (Å²) < 4.78 is 1.18. The van der Waals surface area contributed by atoms with E-state index in [2.05, 4.69) is 56.1 Å². The summed E-state index contributed by atoms with van der Waals surface area (Å²) in [7, 11) is 0. The van der Waals surface area contributed by atoms with E-state index < -0.39 is 0 Å². The Morgan fingerprint density at radius 3 is 2.64 bits per heavy atom. The topological polar surface area (TPSA) is 0 Å². The molecule has 1 aromatic rings. The van der Waals surface area contributed by atoms with E-state index in [1.807, 2.05) is 0 Å². The molecule has 0 aromatic heterocycles. The molecular formula is C9H8Br2. The number of hydrogen-bond acceptors (Lipinski definition) is 0. The molecule has 0 spiro atoms. The lowest BCUT2D eigenvalue weighted by atomic mass is 10.1. The zero-order chi connectivity index (χ0) is 7.84. The Balaban J connectivity index is 2.25. The molecule has 58 valence electrons. The summed E-state index contributed by atoms with van der Waals surface area (Å²) >= 11 is 7.06. The third-order valence-corrected chi connectivity index (χ3v) is 3.49. The first-order valence-corrected chi connectivity index (χ1v) is 5.38. The standard InChI is InChI=1S/C9H8Br2/c10-7-3-1-2-6(4-7)8-5-9(8)11/h1-4,8-9H,5H2. The van der Waals surface area contributed by atoms with Gasteiger partial charge in [0, 0.05) is 9.30 Å². The summed E-state index contributed by atoms with van der Waals surface area (Å²) in [5.74, 6) is 0.757. The molecule has 2 atom stereocenters. The maximum Gasteiger partial charge on any atom is 0.0221 e. The van der Waals surface area contributed by atoms with Gasteiger partial charge in [-0.15, -0.1) is 0 Å². The average Bonchev–Trinajstić information content (AvgIpc) is 2.67. The fraction of sp³-hybridized carbons (Fsp3) is 0.333. The Kier molecular flexibility index (Phi) is 2.06. The van der Waals surface area contributed by atoms with Crippen molar-refractivity contribution in [3.8, 4) is 0 Å². The second-order valence-electron chi connectivity index (χ2n) is 2.91. The lowest BCUT2D eigenvalue weighted by Crippen LogP contribution is -1.80. The van der Waals surface area contributed by atoms with E-state index in [-0.39, 0.29) is 0 Å². The van der Waals surface area contributed by atoms with Crippen LogP contribution in [0.1, 0.15) is 17.9 Å². The largest absolute Gasteiger partial charge is 0.0884 e. The number of rotatable bonds is 1. The van der Waals surface area contributed by atoms with Crippen molar-refractivity contribution < 1.29 is 0 Å². The Bertz CT molecular complexity index is 270. The molecule has 2 unspecified atom stereocenters. The van der Waals surface area contributed by atoms with Gasteiger partial charge in [-0.25, -0.2) is 0 Å². The molecule has 1 aromatic carbocycles. The molecule has 0 amide bonds. The van der Waals surface area contributed by atoms with Crippen LogP contribution in [0.5, 0.6) is 0 Å². The molecule has 0 nitrogen and oxygen atoms in total. The second-order valence-corrected chi connectivity index (χ2v) is 5.01. The van der Waals surface area contributed by atoms with Crippen LogP contribution < -0.4 is 0 Å². The van der Waals surface area contributed by atoms with Crippen molar-refractivity contribution in [1.29, 1.82) is 0 Å². The molecule has 0 N–H and O–H groups in total. The van der Waals surface area contributed by atoms with Gasteiger partial charge in [0.05, 0.1) is 0 Å². The zero-order valence-electron chi connectivity index (χ0n) is 5.93. The summed E-state index contributed by atoms with van der Waals surface area (Å²) in [4.78, 5) is 0.719. The minimum Gasteiger partial charge on any atom is -0.0884 e. The zero-order valence-corrected chi connectivity index (χ0v) is 9.10. The van der Waals surface area contributed by atoms with Gasteiger partial charge < -0.3 is 0 Å². The number of halogens is 2. The smallest absolute Gasteiger partial charge is 0.0221 e. The highest BCUT2D eigenvalue weighted by Gasteiger charge is 2.35. The fourth-order valence-corrected chi connectivity index (χ4v) is 2.37. The first-order valence-electron chi connectivity index (χ1n) is 3.67. The van der Waals surface area contributed by atoms with Gasteiger partial charge in [-0.2, -0.15) is 0 Å². The highest BCUT2D eigenvalue weighted by Crippen LogP contribution is 2.46. The van der Waals surface area contributed by atoms with E-state index in [0.29, 0.717) is 0 Å². The SMILES string of the molecule is Brc1cccc(C2CC2Br)c1. The Labute approximate surface area is 83.3 Å². The van der Waals surface area contributed by atoms with Crippen molar-refractivity contribution in [2.24, 2.45) is 0 Å². The van der Waals surface area contributed by atoms with Crippen LogP contribution in [0.15, 0.2) is 28.7 Å². The van der Waals surface area contributed by atoms with E-state index in [4.69, 9.17) is 0 Å². The lowest BCUT2D eigenvalue weighted by Gasteiger charge is -1.97. The number of benzene rings is 1. The summed E-state index contributed by atoms with van der Waals surface area (Å²) in [6.07, 6.45) is 1.29. The van der Waals surface area contributed by atoms with Gasteiger partial charge in [-0.05, 0) is 30.0 Å². The molecule has 2 rings (SSSR count). The highest BCUT2D eigenvalue weighted by molar-refractivity contribution is 9.10. The third kappa shape index (κ3) is 1.67. The van der Waals surface area contributed by atoms with Crippen molar-refractivity contribution >= 4 is 31.9 Å². The van der Waals surface area contributed by atoms with E-state index in [0.717, 1.165) is 10.7 Å². The normalized spacial score (nSPS) is 28.5. The molecule has 11 heavy (non-hydrogen) atoms. The van der Waals surface area contributed by atoms with Crippen molar-refractivity contribution in [2.45, 2.75) is 17.2 Å². The molecule has 0 heterocycles. The molecule has 1 aliphatic carbocycles. The predicted molar refractivity (Wildman–Crippen MR) is 54.2 cm³/mol. The van der Waals surface area contributed by atoms with Crippen LogP contribution in [-0.4, -0.2) is 4.83 Å². The van der Waals surface area contributed by atoms with E-state index in [1.54, 1.807) is 0 Å². The minimum absolute atomic E-state index is 0.719. The van der Waals surface area contributed by atoms with Crippen molar-refractivity contribution in [3.63, 3.8) is 0 Å². The first-order chi connectivity index (χ1) is 5.27. The Morgan fingerprint density at radius 1 is 1.36 bits per heavy atom. The van der Waals surface area contributed by atoms with Crippen LogP contribution in [0.2, 0.25) is 0 Å². The Morgan fingerprint density at radius 2 is 2.09 bits per heavy atom. The van der Waals surface area contributed by atoms with Gasteiger partial charge in [-0.3, -0.25) is 0 Å². The van der Waals surface area contributed by atoms with Gasteiger partial charge in [-0.1, -0.05) is 44.0 Å². The summed E-state index contributed by atoms with van der Waals surface area (Å²) in [6, 6.07) is 8.55. The molecule has 1 fully saturated rings. The molecule has 1 aliphatic rings. The van der Waals surface area contributed by atoms with Gasteiger partial charge >= 0.3 is 0 Å². The number of alkyl halides is 1. The highest BCUT2D eigenvalue weighted by atomic mass is 79.9. The van der Waals surface area contributed by atoms with E-state index in [1.165, 1.54) is 16.5 Å². The van der Waals surface area contributed by atoms with Gasteiger partial charge in [0.15, 0.2) is 0 Å². The van der Waals surface area contributed by atoms with Crippen LogP contribution >= 0.6 is 31.9 Å². The third-order valence-electron chi connectivity index (χ3n) is 1.99. The molecule has 2 heteroatoms. The van der Waals surface area contributed by atoms with E-state index >= 15 is 0 Å². The number of hydrogen-bond donors (Lipinski definition) is 0. The van der Waals surface area contributed by atoms with Crippen LogP contribution in [0.3, 0.4) is 0 Å². The van der Waals surface area contributed by atoms with Gasteiger partial charge in [0.2, 0.25) is 0 Å². The van der Waals surface area contributed by atoms with Crippen LogP contribution in [-0.2, 0) is 0 Å². The van der Waals surface area contributed by atoms with Crippen LogP contribution in [0, 0.1) is 0 Å². The first kappa shape index (κ1) is 7.81. The van der Waals surface area contributed by atoms with Crippen molar-refractivity contribution in [1.82, 2.24) is 0 Å². The van der Waals surface area contributed by atoms with Crippen LogP contribution in [0.4, 0.5) is 0 Å². The van der Waals surface area contributed by atoms with Crippen LogP contribution in [0.25, 0.3) is 0 Å². The summed E-state index contributed by atoms with van der Waals surface area (Å²) in [6.45, 7) is 0. The van der Waals surface area contributed by atoms with Crippen molar-refractivity contribution in [3.05, 3.63) is 34.3 Å². The summed E-state index contributed by atoms with van der Waals surface area (Å²) in [5, 5.41) is 0. The Hall–Kier alpha value is 0.180. The maximum absolute atomic E-state index is 3.59. The maximum atomic E-state index is 3.59. The average molecular weight is 276 g/mol. The van der Waals surface area contributed by atoms with E-state index in [9.17, 15) is 0 Å². The molecule has 0 bridgehead atoms. The van der Waals surface area contributed by atoms with Crippen molar-refractivity contribution in [2.75, 3.05) is 0 Å². The second kappa shape index (κ2) is 2.91. The predicted octanol–water partition coefficient (Wildman–Crippen LogP) is 3.70. The lowest BCUT2D eigenvalue weighted by molar-refractivity contribution is 1.14. The van der Waals surface area contributed by atoms with Gasteiger partial charge in [0.1, 0.15) is 0 Å². The monoisotopic (exact) mass is 274 g/mol. The summed E-state index contributed by atoms with van der Waals surface area (Å²) in [5.41, 5.74) is 1.45. The fourth-order valence-electron chi connectivity index (χ4n) is 1.25. The molecular weight excluding hydrogens is 268 g/mol. The molecule has 0 radical (unpaired) electrons. The minimum atomic E-state index is 0.719. The quantitative estimate of drug-likeness (QED) is 0.686.